The second kappa shape index (κ2) is 7.95. The molecule has 0 radical (unpaired) electrons. The lowest BCUT2D eigenvalue weighted by Crippen LogP contribution is -2.20. The summed E-state index contributed by atoms with van der Waals surface area (Å²) in [5, 5.41) is 13.0. The van der Waals surface area contributed by atoms with E-state index in [9.17, 15) is 10.1 Å². The van der Waals surface area contributed by atoms with E-state index in [0.717, 1.165) is 24.8 Å². The summed E-state index contributed by atoms with van der Waals surface area (Å²) in [5.41, 5.74) is 1.81. The first-order valence-electron chi connectivity index (χ1n) is 7.21. The third-order valence-electron chi connectivity index (χ3n) is 3.48. The zero-order valence-electron chi connectivity index (χ0n) is 12.8. The monoisotopic (exact) mass is 353 g/mol. The van der Waals surface area contributed by atoms with Crippen LogP contribution < -0.4 is 5.32 Å². The summed E-state index contributed by atoms with van der Waals surface area (Å²) >= 11 is 8.05. The Labute approximate surface area is 144 Å². The zero-order valence-corrected chi connectivity index (χ0v) is 15.2. The molecule has 0 fully saturated rings. The van der Waals surface area contributed by atoms with Crippen LogP contribution in [0.25, 0.3) is 0 Å². The quantitative estimate of drug-likeness (QED) is 0.667. The lowest BCUT2D eigenvalue weighted by Gasteiger charge is -2.12. The average molecular weight is 354 g/mol. The number of hydrogen-bond donors (Lipinski definition) is 1. The molecule has 1 amide bonds. The molecular weight excluding hydrogens is 334 g/mol. The fraction of sp³-hybridized carbons (Fsp3) is 0.533. The van der Waals surface area contributed by atoms with Crippen molar-refractivity contribution in [2.24, 2.45) is 0 Å². The molecule has 7 heteroatoms. The Balaban J connectivity index is 2.05. The Kier molecular flexibility index (Phi) is 6.24. The van der Waals surface area contributed by atoms with E-state index in [0.29, 0.717) is 14.9 Å². The van der Waals surface area contributed by atoms with Gasteiger partial charge in [0.05, 0.1) is 11.3 Å². The summed E-state index contributed by atoms with van der Waals surface area (Å²) in [6.07, 6.45) is 5.47. The van der Waals surface area contributed by atoms with E-state index in [1.54, 1.807) is 16.2 Å². The van der Waals surface area contributed by atoms with E-state index >= 15 is 0 Å². The van der Waals surface area contributed by atoms with Gasteiger partial charge in [0.2, 0.25) is 5.91 Å². The zero-order chi connectivity index (χ0) is 16.1. The number of nitrogens with one attached hydrogen (secondary N) is 1. The standard InChI is InChI=1S/C15H19N3OS3/c1-18(2)15(20)21-9-13(19)17-14-11(8-16)10-6-4-3-5-7-12(10)22-14/h3-7,9H2,1-2H3,(H,17,19). The van der Waals surface area contributed by atoms with Gasteiger partial charge in [0.1, 0.15) is 15.4 Å². The Bertz CT molecular complexity index is 616. The van der Waals surface area contributed by atoms with Crippen molar-refractivity contribution in [3.05, 3.63) is 16.0 Å². The number of carbonyl (C=O) groups is 1. The minimum Gasteiger partial charge on any atom is -0.364 e. The first-order valence-corrected chi connectivity index (χ1v) is 9.42. The molecule has 0 aliphatic heterocycles. The molecule has 1 aromatic rings. The molecule has 0 saturated heterocycles. The van der Waals surface area contributed by atoms with Crippen LogP contribution >= 0.6 is 35.3 Å². The van der Waals surface area contributed by atoms with E-state index in [2.05, 4.69) is 11.4 Å². The number of thioether (sulfide) groups is 1. The summed E-state index contributed by atoms with van der Waals surface area (Å²) in [4.78, 5) is 15.1. The van der Waals surface area contributed by atoms with Gasteiger partial charge in [0.15, 0.2) is 0 Å². The Morgan fingerprint density at radius 1 is 1.41 bits per heavy atom. The molecule has 1 N–H and O–H groups in total. The molecule has 0 spiro atoms. The lowest BCUT2D eigenvalue weighted by atomic mass is 10.1. The Morgan fingerprint density at radius 3 is 2.82 bits per heavy atom. The molecule has 0 atom stereocenters. The van der Waals surface area contributed by atoms with Gasteiger partial charge in [-0.1, -0.05) is 30.4 Å². The van der Waals surface area contributed by atoms with Crippen molar-refractivity contribution in [2.45, 2.75) is 32.1 Å². The van der Waals surface area contributed by atoms with Crippen LogP contribution in [0.1, 0.15) is 35.3 Å². The number of carbonyl (C=O) groups excluding carboxylic acids is 1. The molecular formula is C15H19N3OS3. The summed E-state index contributed by atoms with van der Waals surface area (Å²) in [5.74, 6) is 0.159. The summed E-state index contributed by atoms with van der Waals surface area (Å²) in [7, 11) is 3.72. The number of fused-ring (bicyclic) bond motifs is 1. The van der Waals surface area contributed by atoms with Crippen molar-refractivity contribution < 1.29 is 4.79 Å². The van der Waals surface area contributed by atoms with Gasteiger partial charge in [-0.15, -0.1) is 11.3 Å². The molecule has 2 rings (SSSR count). The number of thiophene rings is 1. The van der Waals surface area contributed by atoms with Crippen LogP contribution in [0.5, 0.6) is 0 Å². The van der Waals surface area contributed by atoms with Gasteiger partial charge in [0.25, 0.3) is 0 Å². The van der Waals surface area contributed by atoms with E-state index in [1.165, 1.54) is 29.5 Å². The summed E-state index contributed by atoms with van der Waals surface area (Å²) in [6.45, 7) is 0. The summed E-state index contributed by atoms with van der Waals surface area (Å²) in [6, 6.07) is 2.27. The highest BCUT2D eigenvalue weighted by Crippen LogP contribution is 2.37. The third-order valence-corrected chi connectivity index (χ3v) is 6.42. The first kappa shape index (κ1) is 17.3. The molecule has 0 saturated carbocycles. The van der Waals surface area contributed by atoms with Gasteiger partial charge < -0.3 is 10.2 Å². The second-order valence-electron chi connectivity index (χ2n) is 5.38. The highest BCUT2D eigenvalue weighted by molar-refractivity contribution is 8.23. The molecule has 0 bridgehead atoms. The van der Waals surface area contributed by atoms with E-state index in [4.69, 9.17) is 12.2 Å². The number of nitrogens with zero attached hydrogens (tertiary/aromatic N) is 2. The van der Waals surface area contributed by atoms with Crippen LogP contribution in [-0.2, 0) is 17.6 Å². The predicted octanol–water partition coefficient (Wildman–Crippen LogP) is 3.41. The fourth-order valence-electron chi connectivity index (χ4n) is 2.37. The SMILES string of the molecule is CN(C)C(=S)SCC(=O)Nc1sc2c(c1C#N)CCCCC2. The van der Waals surface area contributed by atoms with E-state index in [-0.39, 0.29) is 11.7 Å². The van der Waals surface area contributed by atoms with Crippen molar-refractivity contribution in [3.8, 4) is 6.07 Å². The Hall–Kier alpha value is -1.10. The number of amides is 1. The molecule has 0 unspecified atom stereocenters. The second-order valence-corrected chi connectivity index (χ2v) is 8.09. The van der Waals surface area contributed by atoms with Crippen LogP contribution in [0.3, 0.4) is 0 Å². The van der Waals surface area contributed by atoms with Crippen molar-refractivity contribution in [2.75, 3.05) is 25.2 Å². The average Bonchev–Trinajstić information content (AvgIpc) is 2.65. The molecule has 4 nitrogen and oxygen atoms in total. The van der Waals surface area contributed by atoms with E-state index in [1.807, 2.05) is 14.1 Å². The molecule has 1 aromatic heterocycles. The van der Waals surface area contributed by atoms with Crippen molar-refractivity contribution in [3.63, 3.8) is 0 Å². The highest BCUT2D eigenvalue weighted by Gasteiger charge is 2.21. The van der Waals surface area contributed by atoms with Crippen LogP contribution in [0.15, 0.2) is 0 Å². The molecule has 1 aliphatic carbocycles. The van der Waals surface area contributed by atoms with E-state index < -0.39 is 0 Å². The van der Waals surface area contributed by atoms with Gasteiger partial charge in [-0.25, -0.2) is 0 Å². The van der Waals surface area contributed by atoms with Crippen LogP contribution in [0, 0.1) is 11.3 Å². The number of hydrogen-bond acceptors (Lipinski definition) is 5. The molecule has 1 heterocycles. The minimum atomic E-state index is -0.109. The fourth-order valence-corrected chi connectivity index (χ4v) is 4.39. The van der Waals surface area contributed by atoms with Gasteiger partial charge in [0, 0.05) is 19.0 Å². The third kappa shape index (κ3) is 4.22. The lowest BCUT2D eigenvalue weighted by molar-refractivity contribution is -0.113. The predicted molar refractivity (Wildman–Crippen MR) is 97.7 cm³/mol. The topological polar surface area (TPSA) is 56.1 Å². The number of anilines is 1. The maximum Gasteiger partial charge on any atom is 0.235 e. The maximum atomic E-state index is 12.1. The van der Waals surface area contributed by atoms with Crippen LogP contribution in [0.4, 0.5) is 5.00 Å². The minimum absolute atomic E-state index is 0.109. The summed E-state index contributed by atoms with van der Waals surface area (Å²) < 4.78 is 0.678. The number of rotatable bonds is 3. The van der Waals surface area contributed by atoms with Crippen LogP contribution in [-0.4, -0.2) is 35.0 Å². The number of nitriles is 1. The van der Waals surface area contributed by atoms with Crippen LogP contribution in [0.2, 0.25) is 0 Å². The van der Waals surface area contributed by atoms with Crippen molar-refractivity contribution in [1.82, 2.24) is 4.90 Å². The highest BCUT2D eigenvalue weighted by atomic mass is 32.2. The Morgan fingerprint density at radius 2 is 2.14 bits per heavy atom. The van der Waals surface area contributed by atoms with Crippen molar-refractivity contribution in [1.29, 1.82) is 5.26 Å². The van der Waals surface area contributed by atoms with Gasteiger partial charge in [-0.3, -0.25) is 4.79 Å². The van der Waals surface area contributed by atoms with Crippen molar-refractivity contribution >= 4 is 50.5 Å². The number of aryl methyl sites for hydroxylation is 1. The maximum absolute atomic E-state index is 12.1. The molecule has 22 heavy (non-hydrogen) atoms. The van der Waals surface area contributed by atoms with Gasteiger partial charge in [-0.2, -0.15) is 5.26 Å². The normalized spacial score (nSPS) is 13.7. The molecule has 118 valence electrons. The van der Waals surface area contributed by atoms with Gasteiger partial charge >= 0.3 is 0 Å². The first-order chi connectivity index (χ1) is 10.5. The molecule has 0 aromatic carbocycles. The smallest absolute Gasteiger partial charge is 0.235 e. The van der Waals surface area contributed by atoms with Gasteiger partial charge in [-0.05, 0) is 31.2 Å². The number of thiocarbonyl (C=S) groups is 1. The largest absolute Gasteiger partial charge is 0.364 e. The molecule has 1 aliphatic rings.